The number of aromatic amines is 1. The number of halogens is 1. The zero-order valence-electron chi connectivity index (χ0n) is 11.9. The average Bonchev–Trinajstić information content (AvgIpc) is 2.96. The van der Waals surface area contributed by atoms with Crippen LogP contribution in [0.5, 0.6) is 5.75 Å². The second-order valence-corrected chi connectivity index (χ2v) is 5.17. The molecule has 2 aromatic carbocycles. The summed E-state index contributed by atoms with van der Waals surface area (Å²) in [7, 11) is 0. The zero-order valence-corrected chi connectivity index (χ0v) is 12.7. The van der Waals surface area contributed by atoms with E-state index < -0.39 is 0 Å². The maximum atomic E-state index is 6.04. The zero-order chi connectivity index (χ0) is 14.7. The Balaban J connectivity index is 1.98. The molecular formula is C17H17ClN2O. The Kier molecular flexibility index (Phi) is 4.11. The fraction of sp³-hybridized carbons (Fsp3) is 0.235. The summed E-state index contributed by atoms with van der Waals surface area (Å²) in [5.41, 5.74) is 4.01. The lowest BCUT2D eigenvalue weighted by Crippen LogP contribution is -1.98. The fourth-order valence-electron chi connectivity index (χ4n) is 2.27. The fourth-order valence-corrected chi connectivity index (χ4v) is 2.48. The van der Waals surface area contributed by atoms with Gasteiger partial charge in [-0.05, 0) is 36.8 Å². The van der Waals surface area contributed by atoms with Gasteiger partial charge in [0.1, 0.15) is 11.6 Å². The van der Waals surface area contributed by atoms with E-state index in [1.54, 1.807) is 0 Å². The summed E-state index contributed by atoms with van der Waals surface area (Å²) in [6.45, 7) is 2.79. The Morgan fingerprint density at radius 2 is 2.05 bits per heavy atom. The highest BCUT2D eigenvalue weighted by molar-refractivity contribution is 6.17. The number of aromatic nitrogens is 2. The van der Waals surface area contributed by atoms with Crippen molar-refractivity contribution in [2.75, 3.05) is 6.61 Å². The van der Waals surface area contributed by atoms with E-state index in [0.29, 0.717) is 12.5 Å². The van der Waals surface area contributed by atoms with Crippen LogP contribution in [0.1, 0.15) is 18.9 Å². The molecule has 0 amide bonds. The number of benzene rings is 2. The lowest BCUT2D eigenvalue weighted by Gasteiger charge is -2.10. The van der Waals surface area contributed by atoms with Gasteiger partial charge in [-0.1, -0.05) is 19.1 Å². The van der Waals surface area contributed by atoms with Gasteiger partial charge >= 0.3 is 0 Å². The Hall–Kier alpha value is -2.00. The van der Waals surface area contributed by atoms with Gasteiger partial charge in [0.05, 0.1) is 23.5 Å². The summed E-state index contributed by atoms with van der Waals surface area (Å²) < 4.78 is 5.71. The third-order valence-corrected chi connectivity index (χ3v) is 3.62. The van der Waals surface area contributed by atoms with Crippen LogP contribution in [0.15, 0.2) is 42.5 Å². The highest BCUT2D eigenvalue weighted by atomic mass is 35.5. The quantitative estimate of drug-likeness (QED) is 0.690. The molecule has 0 bridgehead atoms. The summed E-state index contributed by atoms with van der Waals surface area (Å²) in [6, 6.07) is 14.0. The number of alkyl halides is 1. The number of rotatable bonds is 5. The summed E-state index contributed by atoms with van der Waals surface area (Å²) >= 11 is 6.04. The van der Waals surface area contributed by atoms with E-state index in [0.717, 1.165) is 40.2 Å². The van der Waals surface area contributed by atoms with Crippen LogP contribution in [-0.4, -0.2) is 16.6 Å². The topological polar surface area (TPSA) is 37.9 Å². The highest BCUT2D eigenvalue weighted by Gasteiger charge is 2.09. The third kappa shape index (κ3) is 2.88. The van der Waals surface area contributed by atoms with Crippen LogP contribution in [0.25, 0.3) is 22.4 Å². The molecule has 0 radical (unpaired) electrons. The number of hydrogen-bond donors (Lipinski definition) is 1. The van der Waals surface area contributed by atoms with Crippen LogP contribution >= 0.6 is 11.6 Å². The minimum Gasteiger partial charge on any atom is -0.493 e. The number of fused-ring (bicyclic) bond motifs is 1. The van der Waals surface area contributed by atoms with E-state index in [1.807, 2.05) is 42.5 Å². The molecule has 0 saturated carbocycles. The summed E-state index contributed by atoms with van der Waals surface area (Å²) in [5.74, 6) is 2.13. The molecule has 4 heteroatoms. The van der Waals surface area contributed by atoms with E-state index in [-0.39, 0.29) is 0 Å². The minimum atomic E-state index is 0.424. The van der Waals surface area contributed by atoms with Gasteiger partial charge in [-0.3, -0.25) is 0 Å². The Bertz CT molecular complexity index is 718. The smallest absolute Gasteiger partial charge is 0.138 e. The molecule has 0 atom stereocenters. The van der Waals surface area contributed by atoms with Crippen molar-refractivity contribution < 1.29 is 4.74 Å². The van der Waals surface area contributed by atoms with Crippen molar-refractivity contribution in [2.24, 2.45) is 0 Å². The van der Waals surface area contributed by atoms with E-state index >= 15 is 0 Å². The summed E-state index contributed by atoms with van der Waals surface area (Å²) in [6.07, 6.45) is 0.979. The first-order chi connectivity index (χ1) is 10.3. The Morgan fingerprint density at radius 1 is 1.19 bits per heavy atom. The summed E-state index contributed by atoms with van der Waals surface area (Å²) in [4.78, 5) is 7.94. The second kappa shape index (κ2) is 6.19. The van der Waals surface area contributed by atoms with E-state index in [1.165, 1.54) is 0 Å². The van der Waals surface area contributed by atoms with Gasteiger partial charge in [-0.15, -0.1) is 11.6 Å². The number of H-pyrrole nitrogens is 1. The molecule has 3 aromatic rings. The minimum absolute atomic E-state index is 0.424. The van der Waals surface area contributed by atoms with Crippen molar-refractivity contribution in [1.29, 1.82) is 0 Å². The lowest BCUT2D eigenvalue weighted by atomic mass is 10.1. The number of imidazole rings is 1. The first-order valence-electron chi connectivity index (χ1n) is 7.08. The molecular weight excluding hydrogens is 284 g/mol. The van der Waals surface area contributed by atoms with Gasteiger partial charge in [0, 0.05) is 11.1 Å². The Labute approximate surface area is 128 Å². The molecule has 0 aliphatic rings. The molecule has 0 saturated heterocycles. The second-order valence-electron chi connectivity index (χ2n) is 4.91. The monoisotopic (exact) mass is 300 g/mol. The Morgan fingerprint density at radius 3 is 2.81 bits per heavy atom. The molecule has 0 aliphatic carbocycles. The molecule has 3 nitrogen and oxygen atoms in total. The van der Waals surface area contributed by atoms with Crippen LogP contribution in [0.3, 0.4) is 0 Å². The first-order valence-corrected chi connectivity index (χ1v) is 7.62. The number of nitrogens with zero attached hydrogens (tertiary/aromatic N) is 1. The number of hydrogen-bond acceptors (Lipinski definition) is 2. The lowest BCUT2D eigenvalue weighted by molar-refractivity contribution is 0.315. The van der Waals surface area contributed by atoms with Crippen molar-refractivity contribution >= 4 is 22.6 Å². The van der Waals surface area contributed by atoms with E-state index in [9.17, 15) is 0 Å². The number of para-hydroxylation sites is 2. The molecule has 21 heavy (non-hydrogen) atoms. The highest BCUT2D eigenvalue weighted by Crippen LogP contribution is 2.28. The van der Waals surface area contributed by atoms with Crippen molar-refractivity contribution in [3.05, 3.63) is 48.0 Å². The molecule has 3 rings (SSSR count). The standard InChI is InChI=1S/C17H17ClN2O/c1-2-9-21-16-8-7-12(10-13(16)11-18)17-19-14-5-3-4-6-15(14)20-17/h3-8,10H,2,9,11H2,1H3,(H,19,20). The van der Waals surface area contributed by atoms with Crippen LogP contribution in [0, 0.1) is 0 Å². The first kappa shape index (κ1) is 14.0. The number of nitrogens with one attached hydrogen (secondary N) is 1. The molecule has 1 aromatic heterocycles. The molecule has 0 spiro atoms. The van der Waals surface area contributed by atoms with Crippen molar-refractivity contribution in [3.63, 3.8) is 0 Å². The normalized spacial score (nSPS) is 11.0. The van der Waals surface area contributed by atoms with Gasteiger partial charge < -0.3 is 9.72 Å². The predicted octanol–water partition coefficient (Wildman–Crippen LogP) is 4.76. The van der Waals surface area contributed by atoms with Gasteiger partial charge in [-0.2, -0.15) is 0 Å². The van der Waals surface area contributed by atoms with Crippen molar-refractivity contribution in [3.8, 4) is 17.1 Å². The van der Waals surface area contributed by atoms with E-state index in [2.05, 4.69) is 16.9 Å². The van der Waals surface area contributed by atoms with Gasteiger partial charge in [0.25, 0.3) is 0 Å². The van der Waals surface area contributed by atoms with Gasteiger partial charge in [-0.25, -0.2) is 4.98 Å². The largest absolute Gasteiger partial charge is 0.493 e. The molecule has 1 heterocycles. The maximum absolute atomic E-state index is 6.04. The maximum Gasteiger partial charge on any atom is 0.138 e. The van der Waals surface area contributed by atoms with Crippen molar-refractivity contribution in [2.45, 2.75) is 19.2 Å². The SMILES string of the molecule is CCCOc1ccc(-c2nc3ccccc3[nH]2)cc1CCl. The van der Waals surface area contributed by atoms with Crippen molar-refractivity contribution in [1.82, 2.24) is 9.97 Å². The van der Waals surface area contributed by atoms with E-state index in [4.69, 9.17) is 16.3 Å². The van der Waals surface area contributed by atoms with Crippen LogP contribution in [0.2, 0.25) is 0 Å². The average molecular weight is 301 g/mol. The third-order valence-electron chi connectivity index (χ3n) is 3.33. The molecule has 0 fully saturated rings. The number of ether oxygens (including phenoxy) is 1. The summed E-state index contributed by atoms with van der Waals surface area (Å²) in [5, 5.41) is 0. The molecule has 0 aliphatic heterocycles. The molecule has 1 N–H and O–H groups in total. The molecule has 0 unspecified atom stereocenters. The van der Waals surface area contributed by atoms with Crippen LogP contribution in [0.4, 0.5) is 0 Å². The predicted molar refractivity (Wildman–Crippen MR) is 86.9 cm³/mol. The van der Waals surface area contributed by atoms with Gasteiger partial charge in [0.15, 0.2) is 0 Å². The van der Waals surface area contributed by atoms with Crippen LogP contribution in [-0.2, 0) is 5.88 Å². The van der Waals surface area contributed by atoms with Crippen LogP contribution < -0.4 is 4.74 Å². The van der Waals surface area contributed by atoms with Gasteiger partial charge in [0.2, 0.25) is 0 Å². The molecule has 108 valence electrons.